The van der Waals surface area contributed by atoms with Gasteiger partial charge in [-0.2, -0.15) is 0 Å². The maximum atomic E-state index is 13.0. The highest BCUT2D eigenvalue weighted by atomic mass is 19.1. The number of rotatable bonds is 6. The molecule has 106 valence electrons. The molecule has 0 heterocycles. The zero-order valence-electron chi connectivity index (χ0n) is 12.1. The summed E-state index contributed by atoms with van der Waals surface area (Å²) in [6.07, 6.45) is 0.870. The van der Waals surface area contributed by atoms with E-state index < -0.39 is 0 Å². The number of hydrogen-bond donors (Lipinski definition) is 2. The van der Waals surface area contributed by atoms with Crippen LogP contribution in [-0.2, 0) is 11.3 Å². The Labute approximate surface area is 114 Å². The first-order valence-corrected chi connectivity index (χ1v) is 6.64. The lowest BCUT2D eigenvalue weighted by molar-refractivity contribution is -0.124. The predicted molar refractivity (Wildman–Crippen MR) is 75.2 cm³/mol. The molecule has 1 rings (SSSR count). The van der Waals surface area contributed by atoms with E-state index in [2.05, 4.69) is 10.6 Å². The number of hydrogen-bond acceptors (Lipinski definition) is 2. The summed E-state index contributed by atoms with van der Waals surface area (Å²) in [5.41, 5.74) is 0.626. The average molecular weight is 266 g/mol. The van der Waals surface area contributed by atoms with Crippen molar-refractivity contribution in [2.24, 2.45) is 0 Å². The molecular formula is C15H23FN2O. The smallest absolute Gasteiger partial charge is 0.237 e. The third-order valence-corrected chi connectivity index (χ3v) is 3.24. The van der Waals surface area contributed by atoms with Crippen LogP contribution in [0.1, 0.15) is 39.7 Å². The molecule has 4 heteroatoms. The van der Waals surface area contributed by atoms with E-state index in [1.807, 2.05) is 26.8 Å². The van der Waals surface area contributed by atoms with Gasteiger partial charge in [-0.3, -0.25) is 4.79 Å². The molecule has 0 bridgehead atoms. The fraction of sp³-hybridized carbons (Fsp3) is 0.533. The second-order valence-corrected chi connectivity index (χ2v) is 5.46. The summed E-state index contributed by atoms with van der Waals surface area (Å²) >= 11 is 0. The molecule has 0 aliphatic rings. The van der Waals surface area contributed by atoms with Crippen molar-refractivity contribution < 1.29 is 9.18 Å². The van der Waals surface area contributed by atoms with E-state index in [0.717, 1.165) is 12.0 Å². The third kappa shape index (κ3) is 5.39. The number of halogens is 1. The van der Waals surface area contributed by atoms with Crippen molar-refractivity contribution in [3.8, 4) is 0 Å². The first-order valence-electron chi connectivity index (χ1n) is 6.64. The van der Waals surface area contributed by atoms with Gasteiger partial charge < -0.3 is 10.6 Å². The Balaban J connectivity index is 2.47. The van der Waals surface area contributed by atoms with Crippen molar-refractivity contribution in [1.29, 1.82) is 0 Å². The lowest BCUT2D eigenvalue weighted by atomic mass is 10.0. The van der Waals surface area contributed by atoms with Gasteiger partial charge in [0, 0.05) is 12.1 Å². The number of carbonyl (C=O) groups excluding carboxylic acids is 1. The molecular weight excluding hydrogens is 243 g/mol. The second-order valence-electron chi connectivity index (χ2n) is 5.46. The zero-order valence-corrected chi connectivity index (χ0v) is 12.1. The van der Waals surface area contributed by atoms with Gasteiger partial charge in [-0.15, -0.1) is 0 Å². The van der Waals surface area contributed by atoms with E-state index in [9.17, 15) is 9.18 Å². The Hall–Kier alpha value is -1.42. The molecule has 1 aromatic carbocycles. The van der Waals surface area contributed by atoms with Crippen molar-refractivity contribution >= 4 is 5.91 Å². The van der Waals surface area contributed by atoms with Crippen LogP contribution in [0, 0.1) is 5.82 Å². The quantitative estimate of drug-likeness (QED) is 0.831. The van der Waals surface area contributed by atoms with Crippen molar-refractivity contribution in [2.75, 3.05) is 0 Å². The Kier molecular flexibility index (Phi) is 5.48. The van der Waals surface area contributed by atoms with Crippen molar-refractivity contribution in [2.45, 2.75) is 52.2 Å². The number of amides is 1. The molecule has 0 fully saturated rings. The standard InChI is InChI=1S/C15H23FN2O/c1-5-15(3,4)18-14(19)11(2)17-10-12-7-6-8-13(16)9-12/h6-9,11,17H,5,10H2,1-4H3,(H,18,19). The van der Waals surface area contributed by atoms with Crippen LogP contribution in [0.25, 0.3) is 0 Å². The zero-order chi connectivity index (χ0) is 14.5. The average Bonchev–Trinajstić information content (AvgIpc) is 2.35. The molecule has 0 spiro atoms. The van der Waals surface area contributed by atoms with Crippen molar-refractivity contribution in [3.05, 3.63) is 35.6 Å². The Bertz CT molecular complexity index is 432. The van der Waals surface area contributed by atoms with Crippen LogP contribution in [0.3, 0.4) is 0 Å². The van der Waals surface area contributed by atoms with Crippen LogP contribution in [0.15, 0.2) is 24.3 Å². The maximum Gasteiger partial charge on any atom is 0.237 e. The minimum absolute atomic E-state index is 0.0387. The normalized spacial score (nSPS) is 13.1. The molecule has 19 heavy (non-hydrogen) atoms. The van der Waals surface area contributed by atoms with Gasteiger partial charge in [0.05, 0.1) is 6.04 Å². The van der Waals surface area contributed by atoms with Gasteiger partial charge in [-0.05, 0) is 44.9 Å². The summed E-state index contributed by atoms with van der Waals surface area (Å²) in [7, 11) is 0. The summed E-state index contributed by atoms with van der Waals surface area (Å²) in [6, 6.07) is 6.06. The highest BCUT2D eigenvalue weighted by Gasteiger charge is 2.21. The molecule has 0 saturated carbocycles. The van der Waals surface area contributed by atoms with E-state index in [0.29, 0.717) is 6.54 Å². The first-order chi connectivity index (χ1) is 8.84. The van der Waals surface area contributed by atoms with Crippen LogP contribution >= 0.6 is 0 Å². The largest absolute Gasteiger partial charge is 0.350 e. The van der Waals surface area contributed by atoms with Crippen molar-refractivity contribution in [1.82, 2.24) is 10.6 Å². The molecule has 0 saturated heterocycles. The Morgan fingerprint density at radius 1 is 1.42 bits per heavy atom. The molecule has 1 aromatic rings. The van der Waals surface area contributed by atoms with E-state index in [1.165, 1.54) is 12.1 Å². The number of benzene rings is 1. The number of nitrogens with one attached hydrogen (secondary N) is 2. The third-order valence-electron chi connectivity index (χ3n) is 3.24. The molecule has 1 amide bonds. The predicted octanol–water partition coefficient (Wildman–Crippen LogP) is 2.61. The molecule has 0 aliphatic heterocycles. The van der Waals surface area contributed by atoms with Gasteiger partial charge in [0.2, 0.25) is 5.91 Å². The van der Waals surface area contributed by atoms with Gasteiger partial charge >= 0.3 is 0 Å². The van der Waals surface area contributed by atoms with Crippen molar-refractivity contribution in [3.63, 3.8) is 0 Å². The van der Waals surface area contributed by atoms with Gasteiger partial charge in [0.1, 0.15) is 5.82 Å². The summed E-state index contributed by atoms with van der Waals surface area (Å²) in [5, 5.41) is 6.07. The molecule has 0 aliphatic carbocycles. The summed E-state index contributed by atoms with van der Waals surface area (Å²) < 4.78 is 13.0. The molecule has 1 unspecified atom stereocenters. The fourth-order valence-electron chi connectivity index (χ4n) is 1.54. The van der Waals surface area contributed by atoms with Crippen LogP contribution in [0.2, 0.25) is 0 Å². The molecule has 1 atom stereocenters. The fourth-order valence-corrected chi connectivity index (χ4v) is 1.54. The monoisotopic (exact) mass is 266 g/mol. The Morgan fingerprint density at radius 2 is 2.11 bits per heavy atom. The van der Waals surface area contributed by atoms with Gasteiger partial charge in [0.25, 0.3) is 0 Å². The molecule has 0 radical (unpaired) electrons. The van der Waals surface area contributed by atoms with Crippen LogP contribution in [0.5, 0.6) is 0 Å². The van der Waals surface area contributed by atoms with E-state index in [1.54, 1.807) is 13.0 Å². The Morgan fingerprint density at radius 3 is 2.68 bits per heavy atom. The first kappa shape index (κ1) is 15.6. The summed E-state index contributed by atoms with van der Waals surface area (Å²) in [6.45, 7) is 8.29. The van der Waals surface area contributed by atoms with Gasteiger partial charge in [-0.25, -0.2) is 4.39 Å². The van der Waals surface area contributed by atoms with Crippen LogP contribution < -0.4 is 10.6 Å². The minimum Gasteiger partial charge on any atom is -0.350 e. The van der Waals surface area contributed by atoms with Gasteiger partial charge in [0.15, 0.2) is 0 Å². The molecule has 0 aromatic heterocycles. The number of carbonyl (C=O) groups is 1. The molecule has 3 nitrogen and oxygen atoms in total. The van der Waals surface area contributed by atoms with E-state index in [4.69, 9.17) is 0 Å². The second kappa shape index (κ2) is 6.66. The summed E-state index contributed by atoms with van der Waals surface area (Å²) in [4.78, 5) is 12.0. The maximum absolute atomic E-state index is 13.0. The molecule has 2 N–H and O–H groups in total. The lowest BCUT2D eigenvalue weighted by Crippen LogP contribution is -2.50. The van der Waals surface area contributed by atoms with Gasteiger partial charge in [-0.1, -0.05) is 19.1 Å². The van der Waals surface area contributed by atoms with Crippen LogP contribution in [-0.4, -0.2) is 17.5 Å². The van der Waals surface area contributed by atoms with Crippen LogP contribution in [0.4, 0.5) is 4.39 Å². The SMILES string of the molecule is CCC(C)(C)NC(=O)C(C)NCc1cccc(F)c1. The highest BCUT2D eigenvalue weighted by molar-refractivity contribution is 5.81. The lowest BCUT2D eigenvalue weighted by Gasteiger charge is -2.26. The van der Waals surface area contributed by atoms with E-state index in [-0.39, 0.29) is 23.3 Å². The topological polar surface area (TPSA) is 41.1 Å². The summed E-state index contributed by atoms with van der Waals surface area (Å²) in [5.74, 6) is -0.299. The highest BCUT2D eigenvalue weighted by Crippen LogP contribution is 2.07. The minimum atomic E-state index is -0.311. The van der Waals surface area contributed by atoms with E-state index >= 15 is 0 Å².